The molecule has 0 atom stereocenters. The van der Waals surface area contributed by atoms with Gasteiger partial charge in [-0.25, -0.2) is 0 Å². The van der Waals surface area contributed by atoms with Gasteiger partial charge in [-0.3, -0.25) is 9.69 Å². The van der Waals surface area contributed by atoms with Gasteiger partial charge in [-0.2, -0.15) is 0 Å². The molecule has 0 aromatic rings. The quantitative estimate of drug-likeness (QED) is 0.773. The standard InChI is InChI=1S/C15H29N3O2/c1-20-13-12-17-8-10-18(11-9-17)15(19)3-2-14-4-6-16-7-5-14/h14,16H,2-13H2,1H3. The molecule has 0 spiro atoms. The summed E-state index contributed by atoms with van der Waals surface area (Å²) in [6.07, 6.45) is 4.28. The van der Waals surface area contributed by atoms with Crippen molar-refractivity contribution in [3.05, 3.63) is 0 Å². The van der Waals surface area contributed by atoms with Crippen LogP contribution in [0.2, 0.25) is 0 Å². The predicted molar refractivity (Wildman–Crippen MR) is 79.7 cm³/mol. The van der Waals surface area contributed by atoms with Crippen molar-refractivity contribution >= 4 is 5.91 Å². The Kier molecular flexibility index (Phi) is 6.76. The second-order valence-corrected chi connectivity index (χ2v) is 5.95. The normalized spacial score (nSPS) is 22.1. The van der Waals surface area contributed by atoms with Crippen LogP contribution in [-0.4, -0.2) is 75.2 Å². The minimum atomic E-state index is 0.356. The third-order valence-electron chi connectivity index (χ3n) is 4.56. The van der Waals surface area contributed by atoms with Crippen LogP contribution < -0.4 is 5.32 Å². The fourth-order valence-corrected chi connectivity index (χ4v) is 3.10. The number of amides is 1. The van der Waals surface area contributed by atoms with E-state index >= 15 is 0 Å². The summed E-state index contributed by atoms with van der Waals surface area (Å²) in [5.74, 6) is 1.11. The van der Waals surface area contributed by atoms with Crippen LogP contribution in [0.25, 0.3) is 0 Å². The molecule has 0 unspecified atom stereocenters. The molecule has 0 aromatic carbocycles. The molecule has 1 N–H and O–H groups in total. The first-order chi connectivity index (χ1) is 9.79. The predicted octanol–water partition coefficient (Wildman–Crippen LogP) is 0.557. The van der Waals surface area contributed by atoms with Gasteiger partial charge >= 0.3 is 0 Å². The van der Waals surface area contributed by atoms with Gasteiger partial charge in [0.2, 0.25) is 5.91 Å². The lowest BCUT2D eigenvalue weighted by Crippen LogP contribution is -2.49. The van der Waals surface area contributed by atoms with Crippen molar-refractivity contribution in [3.8, 4) is 0 Å². The maximum atomic E-state index is 12.2. The summed E-state index contributed by atoms with van der Waals surface area (Å²) in [5, 5.41) is 3.38. The van der Waals surface area contributed by atoms with Crippen LogP contribution in [0.5, 0.6) is 0 Å². The largest absolute Gasteiger partial charge is 0.383 e. The van der Waals surface area contributed by atoms with Crippen molar-refractivity contribution in [1.29, 1.82) is 0 Å². The summed E-state index contributed by atoms with van der Waals surface area (Å²) >= 11 is 0. The van der Waals surface area contributed by atoms with E-state index in [-0.39, 0.29) is 0 Å². The molecule has 20 heavy (non-hydrogen) atoms. The lowest BCUT2D eigenvalue weighted by atomic mass is 9.93. The number of ether oxygens (including phenoxy) is 1. The second-order valence-electron chi connectivity index (χ2n) is 5.95. The average molecular weight is 283 g/mol. The molecule has 2 fully saturated rings. The van der Waals surface area contributed by atoms with E-state index in [0.717, 1.165) is 71.2 Å². The number of methoxy groups -OCH3 is 1. The molecule has 0 saturated carbocycles. The van der Waals surface area contributed by atoms with Gasteiger partial charge in [0.25, 0.3) is 0 Å². The lowest BCUT2D eigenvalue weighted by Gasteiger charge is -2.35. The Labute approximate surface area is 122 Å². The Hall–Kier alpha value is -0.650. The average Bonchev–Trinajstić information content (AvgIpc) is 2.52. The smallest absolute Gasteiger partial charge is 0.222 e. The van der Waals surface area contributed by atoms with Crippen molar-refractivity contribution < 1.29 is 9.53 Å². The highest BCUT2D eigenvalue weighted by Crippen LogP contribution is 2.18. The van der Waals surface area contributed by atoms with Crippen LogP contribution in [0, 0.1) is 5.92 Å². The van der Waals surface area contributed by atoms with Crippen molar-refractivity contribution in [3.63, 3.8) is 0 Å². The zero-order chi connectivity index (χ0) is 14.2. The van der Waals surface area contributed by atoms with E-state index in [1.54, 1.807) is 7.11 Å². The Morgan fingerprint density at radius 3 is 2.55 bits per heavy atom. The molecule has 0 aromatic heterocycles. The van der Waals surface area contributed by atoms with Gasteiger partial charge in [-0.1, -0.05) is 0 Å². The molecule has 2 aliphatic heterocycles. The number of carbonyl (C=O) groups excluding carboxylic acids is 1. The maximum absolute atomic E-state index is 12.2. The summed E-state index contributed by atoms with van der Waals surface area (Å²) in [7, 11) is 1.74. The van der Waals surface area contributed by atoms with Crippen molar-refractivity contribution in [1.82, 2.24) is 15.1 Å². The zero-order valence-electron chi connectivity index (χ0n) is 12.8. The first kappa shape index (κ1) is 15.7. The molecule has 2 aliphatic rings. The molecule has 5 nitrogen and oxygen atoms in total. The molecule has 116 valence electrons. The number of hydrogen-bond acceptors (Lipinski definition) is 4. The topological polar surface area (TPSA) is 44.8 Å². The van der Waals surface area contributed by atoms with Gasteiger partial charge in [-0.05, 0) is 38.3 Å². The zero-order valence-corrected chi connectivity index (χ0v) is 12.8. The highest BCUT2D eigenvalue weighted by molar-refractivity contribution is 5.76. The summed E-state index contributed by atoms with van der Waals surface area (Å²) in [5.41, 5.74) is 0. The number of nitrogens with zero attached hydrogens (tertiary/aromatic N) is 2. The number of nitrogens with one attached hydrogen (secondary N) is 1. The van der Waals surface area contributed by atoms with Crippen molar-refractivity contribution in [2.45, 2.75) is 25.7 Å². The fraction of sp³-hybridized carbons (Fsp3) is 0.933. The Balaban J connectivity index is 1.61. The Bertz CT molecular complexity index is 285. The van der Waals surface area contributed by atoms with E-state index in [1.807, 2.05) is 4.90 Å². The number of piperazine rings is 1. The monoisotopic (exact) mass is 283 g/mol. The van der Waals surface area contributed by atoms with Crippen LogP contribution in [0.4, 0.5) is 0 Å². The van der Waals surface area contributed by atoms with Gasteiger partial charge in [0.05, 0.1) is 6.61 Å². The molecule has 2 saturated heterocycles. The summed E-state index contributed by atoms with van der Waals surface area (Å²) in [6, 6.07) is 0. The van der Waals surface area contributed by atoms with Gasteiger partial charge in [-0.15, -0.1) is 0 Å². The highest BCUT2D eigenvalue weighted by atomic mass is 16.5. The second kappa shape index (κ2) is 8.60. The number of rotatable bonds is 6. The molecule has 2 rings (SSSR count). The van der Waals surface area contributed by atoms with E-state index in [2.05, 4.69) is 10.2 Å². The van der Waals surface area contributed by atoms with Crippen LogP contribution in [0.1, 0.15) is 25.7 Å². The summed E-state index contributed by atoms with van der Waals surface area (Å²) in [4.78, 5) is 16.6. The highest BCUT2D eigenvalue weighted by Gasteiger charge is 2.22. The van der Waals surface area contributed by atoms with E-state index in [4.69, 9.17) is 4.74 Å². The van der Waals surface area contributed by atoms with E-state index in [0.29, 0.717) is 5.91 Å². The first-order valence-corrected chi connectivity index (χ1v) is 7.99. The van der Waals surface area contributed by atoms with Crippen LogP contribution in [0.3, 0.4) is 0 Å². The van der Waals surface area contributed by atoms with Gasteiger partial charge in [0.15, 0.2) is 0 Å². The summed E-state index contributed by atoms with van der Waals surface area (Å²) in [6.45, 7) is 7.75. The third kappa shape index (κ3) is 5.04. The fourth-order valence-electron chi connectivity index (χ4n) is 3.10. The molecule has 0 aliphatic carbocycles. The number of carbonyl (C=O) groups is 1. The minimum absolute atomic E-state index is 0.356. The molecule has 2 heterocycles. The lowest BCUT2D eigenvalue weighted by molar-refractivity contribution is -0.133. The SMILES string of the molecule is COCCN1CCN(C(=O)CCC2CCNCC2)CC1. The van der Waals surface area contributed by atoms with E-state index in [1.165, 1.54) is 12.8 Å². The van der Waals surface area contributed by atoms with Crippen LogP contribution in [0.15, 0.2) is 0 Å². The molecule has 0 radical (unpaired) electrons. The third-order valence-corrected chi connectivity index (χ3v) is 4.56. The first-order valence-electron chi connectivity index (χ1n) is 7.99. The van der Waals surface area contributed by atoms with Crippen LogP contribution in [-0.2, 0) is 9.53 Å². The molecular formula is C15H29N3O2. The molecule has 5 heteroatoms. The molecule has 0 bridgehead atoms. The summed E-state index contributed by atoms with van der Waals surface area (Å²) < 4.78 is 5.10. The van der Waals surface area contributed by atoms with Crippen molar-refractivity contribution in [2.24, 2.45) is 5.92 Å². The van der Waals surface area contributed by atoms with E-state index < -0.39 is 0 Å². The van der Waals surface area contributed by atoms with Gasteiger partial charge in [0, 0.05) is 46.3 Å². The number of hydrogen-bond donors (Lipinski definition) is 1. The van der Waals surface area contributed by atoms with Crippen LogP contribution >= 0.6 is 0 Å². The Morgan fingerprint density at radius 1 is 1.20 bits per heavy atom. The molecular weight excluding hydrogens is 254 g/mol. The van der Waals surface area contributed by atoms with E-state index in [9.17, 15) is 4.79 Å². The maximum Gasteiger partial charge on any atom is 0.222 e. The van der Waals surface area contributed by atoms with Crippen molar-refractivity contribution in [2.75, 3.05) is 59.5 Å². The Morgan fingerprint density at radius 2 is 1.90 bits per heavy atom. The minimum Gasteiger partial charge on any atom is -0.383 e. The van der Waals surface area contributed by atoms with Gasteiger partial charge < -0.3 is 15.0 Å². The molecule has 1 amide bonds. The van der Waals surface area contributed by atoms with Gasteiger partial charge in [0.1, 0.15) is 0 Å². The number of piperidine rings is 1.